The third-order valence-electron chi connectivity index (χ3n) is 27.0. The van der Waals surface area contributed by atoms with Gasteiger partial charge in [0, 0.05) is 97.3 Å². The molecule has 0 bridgehead atoms. The Kier molecular flexibility index (Phi) is 14.3. The van der Waals surface area contributed by atoms with Crippen molar-refractivity contribution in [2.45, 2.75) is 158 Å². The molecule has 574 valence electrons. The highest BCUT2D eigenvalue weighted by molar-refractivity contribution is 6.62. The van der Waals surface area contributed by atoms with Crippen molar-refractivity contribution in [3.63, 3.8) is 0 Å². The van der Waals surface area contributed by atoms with Gasteiger partial charge in [0.1, 0.15) is 5.75 Å². The predicted octanol–water partition coefficient (Wildman–Crippen LogP) is 22.3. The van der Waals surface area contributed by atoms with Crippen molar-refractivity contribution < 1.29 is 4.74 Å². The third-order valence-corrected chi connectivity index (χ3v) is 27.0. The van der Waals surface area contributed by atoms with Crippen LogP contribution in [0.1, 0.15) is 203 Å². The summed E-state index contributed by atoms with van der Waals surface area (Å²) < 4.78 is 13.6. The van der Waals surface area contributed by atoms with E-state index in [0.29, 0.717) is 169 Å². The van der Waals surface area contributed by atoms with Crippen molar-refractivity contribution in [3.8, 4) is 34.2 Å². The summed E-state index contributed by atoms with van der Waals surface area (Å²) in [6, 6.07) is 46.8. The van der Waals surface area contributed by atoms with Crippen molar-refractivity contribution in [2.24, 2.45) is 0 Å². The lowest BCUT2D eigenvalue weighted by atomic mass is 9.73. The van der Waals surface area contributed by atoms with Gasteiger partial charge in [-0.2, -0.15) is 0 Å². The molecule has 22 aromatic rings. The minimum Gasteiger partial charge on any atom is -0.497 e. The molecule has 0 saturated carbocycles. The van der Waals surface area contributed by atoms with Crippen LogP contribution in [0.15, 0.2) is 184 Å². The molecule has 0 aliphatic rings. The van der Waals surface area contributed by atoms with E-state index < -0.39 is 44.5 Å². The molecule has 5 heterocycles. The van der Waals surface area contributed by atoms with Crippen LogP contribution in [0.2, 0.25) is 0 Å². The largest absolute Gasteiger partial charge is 0.497 e. The Morgan fingerprint density at radius 2 is 0.436 bits per heavy atom. The summed E-state index contributed by atoms with van der Waals surface area (Å²) >= 11 is 0. The quantitative estimate of drug-likeness (QED) is 0.0759. The van der Waals surface area contributed by atoms with Gasteiger partial charge in [0.2, 0.25) is 0 Å². The Morgan fingerprint density at radius 1 is 0.205 bits per heavy atom. The first kappa shape index (κ1) is 70.7. The van der Waals surface area contributed by atoms with E-state index in [-0.39, 0.29) is 85.0 Å². The maximum atomic E-state index is 18.1. The van der Waals surface area contributed by atoms with Gasteiger partial charge in [0.15, 0.2) is 0 Å². The summed E-state index contributed by atoms with van der Waals surface area (Å²) in [5.74, 6) is -0.673. The van der Waals surface area contributed by atoms with Gasteiger partial charge in [-0.25, -0.2) is 18.3 Å². The van der Waals surface area contributed by atoms with Gasteiger partial charge in [-0.05, 0) is 201 Å². The zero-order chi connectivity index (χ0) is 81.4. The maximum Gasteiger partial charge on any atom is 0.266 e. The Hall–Kier alpha value is -12.9. The topological polar surface area (TPSA) is 170 Å². The second kappa shape index (κ2) is 23.6. The standard InChI is InChI=1S/C103H83N5O9/c1-42(2)52-22-18-23-53(43(3)4)92(52)105-96(109)62-36-34-60-61-35-37-63-76-75(61)85-77-64(38-66(98(105)111)72(62)74(60)77)79-89-87-78-65(80(88(85)89)90(76)102(115)107(97(63)110)94-56(46(9)10)26-20-27-57(94)47(11)12)39-67-73-68(100(113)106(99(67)112)93-54(44(5)6)24-19-25-55(93)45(7)8)40-70-82(84(73)78)83-71(104(70)50-30-32-51(117-17)33-31-50)41-69-81(86(83)87)91(79)103(116)108(101(69)114)95-58(48(13)14)28-21-29-59(95)49(15)16/h18-49H,1-17H3. The molecule has 0 aliphatic carbocycles. The van der Waals surface area contributed by atoms with E-state index in [1.54, 1.807) is 7.11 Å². The number of pyridine rings is 4. The average Bonchev–Trinajstić information content (AvgIpc) is 1.60. The monoisotopic (exact) mass is 1530 g/mol. The molecule has 14 heteroatoms. The van der Waals surface area contributed by atoms with Crippen LogP contribution in [0.4, 0.5) is 0 Å². The Morgan fingerprint density at radius 3 is 0.786 bits per heavy atom. The lowest BCUT2D eigenvalue weighted by Crippen LogP contribution is -2.34. The molecule has 0 saturated heterocycles. The van der Waals surface area contributed by atoms with E-state index in [1.165, 1.54) is 18.3 Å². The van der Waals surface area contributed by atoms with Gasteiger partial charge < -0.3 is 9.30 Å². The molecule has 0 amide bonds. The minimum absolute atomic E-state index is 0.119. The molecule has 22 rings (SSSR count). The molecule has 0 N–H and O–H groups in total. The highest BCUT2D eigenvalue weighted by Gasteiger charge is 2.40. The number of para-hydroxylation sites is 4. The fourth-order valence-electron chi connectivity index (χ4n) is 22.1. The number of fused-ring (bicyclic) bond motifs is 5. The van der Waals surface area contributed by atoms with Gasteiger partial charge in [0.05, 0.1) is 62.4 Å². The van der Waals surface area contributed by atoms with E-state index in [0.717, 1.165) is 44.5 Å². The average molecular weight is 1530 g/mol. The number of rotatable bonds is 14. The van der Waals surface area contributed by atoms with Gasteiger partial charge in [-0.15, -0.1) is 0 Å². The molecule has 0 aliphatic heterocycles. The molecule has 117 heavy (non-hydrogen) atoms. The van der Waals surface area contributed by atoms with E-state index in [1.807, 2.05) is 146 Å². The number of ether oxygens (including phenoxy) is 1. The summed E-state index contributed by atoms with van der Waals surface area (Å²) in [7, 11) is 1.61. The summed E-state index contributed by atoms with van der Waals surface area (Å²) in [4.78, 5) is 138. The summed E-state index contributed by atoms with van der Waals surface area (Å²) in [6.07, 6.45) is 0. The summed E-state index contributed by atoms with van der Waals surface area (Å²) in [6.45, 7) is 33.0. The van der Waals surface area contributed by atoms with Crippen molar-refractivity contribution in [3.05, 3.63) is 273 Å². The van der Waals surface area contributed by atoms with Crippen LogP contribution in [0.5, 0.6) is 5.75 Å². The minimum atomic E-state index is -0.596. The fourth-order valence-corrected chi connectivity index (χ4v) is 22.1. The van der Waals surface area contributed by atoms with E-state index in [2.05, 4.69) is 115 Å². The van der Waals surface area contributed by atoms with Crippen LogP contribution < -0.4 is 49.2 Å². The predicted molar refractivity (Wildman–Crippen MR) is 484 cm³/mol. The second-order valence-corrected chi connectivity index (χ2v) is 35.8. The highest BCUT2D eigenvalue weighted by Crippen LogP contribution is 2.62. The van der Waals surface area contributed by atoms with Gasteiger partial charge in [0.25, 0.3) is 44.5 Å². The number of benzene rings is 17. The smallest absolute Gasteiger partial charge is 0.266 e. The second-order valence-electron chi connectivity index (χ2n) is 35.8. The molecule has 0 atom stereocenters. The van der Waals surface area contributed by atoms with Gasteiger partial charge in [-0.3, -0.25) is 38.4 Å². The Balaban J connectivity index is 1.13. The van der Waals surface area contributed by atoms with E-state index in [9.17, 15) is 0 Å². The van der Waals surface area contributed by atoms with Crippen LogP contribution in [-0.2, 0) is 0 Å². The molecule has 0 unspecified atom stereocenters. The van der Waals surface area contributed by atoms with Crippen molar-refractivity contribution >= 4 is 173 Å². The van der Waals surface area contributed by atoms with Crippen LogP contribution in [0.3, 0.4) is 0 Å². The van der Waals surface area contributed by atoms with Gasteiger partial charge in [-0.1, -0.05) is 196 Å². The van der Waals surface area contributed by atoms with Crippen LogP contribution in [0, 0.1) is 0 Å². The third kappa shape index (κ3) is 8.44. The van der Waals surface area contributed by atoms with Crippen molar-refractivity contribution in [1.29, 1.82) is 0 Å². The van der Waals surface area contributed by atoms with Gasteiger partial charge >= 0.3 is 0 Å². The number of hydrogen-bond donors (Lipinski definition) is 0. The lowest BCUT2D eigenvalue weighted by molar-refractivity contribution is 0.415. The maximum absolute atomic E-state index is 18.1. The molecule has 0 radical (unpaired) electrons. The lowest BCUT2D eigenvalue weighted by Gasteiger charge is -2.29. The molecule has 0 fully saturated rings. The highest BCUT2D eigenvalue weighted by atomic mass is 16.5. The molecule has 14 nitrogen and oxygen atoms in total. The summed E-state index contributed by atoms with van der Waals surface area (Å²) in [5.41, 5.74) is 5.81. The first-order valence-electron chi connectivity index (χ1n) is 41.3. The number of aromatic nitrogens is 5. The first-order valence-corrected chi connectivity index (χ1v) is 41.3. The number of hydrogen-bond acceptors (Lipinski definition) is 9. The van der Waals surface area contributed by atoms with Crippen molar-refractivity contribution in [1.82, 2.24) is 22.8 Å². The molecule has 17 aromatic carbocycles. The molecular formula is C103H83N5O9. The zero-order valence-electron chi connectivity index (χ0n) is 68.4. The number of methoxy groups -OCH3 is 1. The Bertz CT molecular complexity index is 8580. The van der Waals surface area contributed by atoms with E-state index >= 15 is 38.4 Å². The molecule has 5 aromatic heterocycles. The van der Waals surface area contributed by atoms with Crippen LogP contribution in [0.25, 0.3) is 201 Å². The van der Waals surface area contributed by atoms with E-state index in [4.69, 9.17) is 4.74 Å². The molecular weight excluding hydrogens is 1450 g/mol. The normalized spacial score (nSPS) is 13.2. The van der Waals surface area contributed by atoms with Crippen molar-refractivity contribution in [2.75, 3.05) is 7.11 Å². The summed E-state index contributed by atoms with van der Waals surface area (Å²) in [5, 5.41) is 13.8. The fraction of sp³-hybridized carbons (Fsp3) is 0.243. The van der Waals surface area contributed by atoms with Crippen LogP contribution >= 0.6 is 0 Å². The Labute approximate surface area is 668 Å². The molecule has 0 spiro atoms. The van der Waals surface area contributed by atoms with Crippen LogP contribution in [-0.4, -0.2) is 29.9 Å². The first-order chi connectivity index (χ1) is 56.1. The zero-order valence-corrected chi connectivity index (χ0v) is 68.4. The SMILES string of the molecule is COc1ccc(-n2c3cc4c(=O)n(-c5c(C(C)C)cccc5C(C)C)c(=O)c5cc6c7c8c(=O)n(-c9c(C(C)C)cccc9C(C)C)c(=O)c9ccc%10c%11ccc%12c(=O)n(-c%13c(C(C)C)cccc%13C(C)C)c(=O)c%13cc%14c%15c%16c(=O)n(-c%17c(C(C)C)cccc%17C(C)C)c(=O)c%17cc2c2c(c%17%16)c(c6c(c54)c23)c%15c7c(c%10c98)c%14c%11c%12%13)cc1. The number of nitrogens with zero attached hydrogens (tertiary/aromatic N) is 5.